The second-order valence-corrected chi connectivity index (χ2v) is 12.3. The summed E-state index contributed by atoms with van der Waals surface area (Å²) in [6, 6.07) is 5.11. The van der Waals surface area contributed by atoms with Crippen molar-refractivity contribution < 1.29 is 66.7 Å². The van der Waals surface area contributed by atoms with Gasteiger partial charge in [-0.25, -0.2) is 4.79 Å². The van der Waals surface area contributed by atoms with Crippen LogP contribution in [0, 0.1) is 0 Å². The SMILES string of the molecule is COC(=O)C1(SC)O[C@@H]([C@H](OC(C)=O)[C@@H](COC(C)=O)OC(C)=O)[C@H](N(C(C)=O)C(C)=O)[C@@H](OC(C)=O)[C@@H]1Sc1ccccc1OC. The first kappa shape index (κ1) is 39.3. The molecule has 1 aliphatic rings. The van der Waals surface area contributed by atoms with Crippen LogP contribution in [0.1, 0.15) is 41.5 Å². The number of amides is 2. The second-order valence-electron chi connectivity index (χ2n) is 10.1. The molecule has 2 amide bonds. The molecule has 0 spiro atoms. The number of carbonyl (C=O) groups is 7. The predicted octanol–water partition coefficient (Wildman–Crippen LogP) is 1.91. The Kier molecular flexibility index (Phi) is 14.5. The molecule has 1 heterocycles. The summed E-state index contributed by atoms with van der Waals surface area (Å²) < 4.78 is 39.2. The van der Waals surface area contributed by atoms with E-state index in [1.807, 2.05) is 0 Å². The van der Waals surface area contributed by atoms with Crippen molar-refractivity contribution in [3.63, 3.8) is 0 Å². The van der Waals surface area contributed by atoms with Gasteiger partial charge in [0.1, 0.15) is 30.6 Å². The van der Waals surface area contributed by atoms with Crippen LogP contribution in [-0.2, 0) is 62.0 Å². The number of benzene rings is 1. The highest BCUT2D eigenvalue weighted by Crippen LogP contribution is 2.51. The minimum atomic E-state index is -2.11. The number of ether oxygens (including phenoxy) is 7. The fourth-order valence-electron chi connectivity index (χ4n) is 5.15. The Morgan fingerprint density at radius 3 is 1.94 bits per heavy atom. The Morgan fingerprint density at radius 1 is 0.872 bits per heavy atom. The molecular formula is C30H39NO14S2. The summed E-state index contributed by atoms with van der Waals surface area (Å²) in [7, 11) is 2.52. The molecular weight excluding hydrogens is 662 g/mol. The van der Waals surface area contributed by atoms with E-state index in [0.717, 1.165) is 77.1 Å². The Morgan fingerprint density at radius 2 is 1.47 bits per heavy atom. The van der Waals surface area contributed by atoms with Crippen molar-refractivity contribution in [2.24, 2.45) is 0 Å². The normalized spacial score (nSPS) is 23.3. The molecule has 0 radical (unpaired) electrons. The minimum Gasteiger partial charge on any atom is -0.496 e. The Labute approximate surface area is 280 Å². The van der Waals surface area contributed by atoms with Crippen molar-refractivity contribution in [3.05, 3.63) is 24.3 Å². The first-order valence-corrected chi connectivity index (χ1v) is 16.2. The maximum atomic E-state index is 13.8. The van der Waals surface area contributed by atoms with Gasteiger partial charge in [-0.1, -0.05) is 12.1 Å². The molecule has 0 saturated carbocycles. The number of carbonyl (C=O) groups excluding carboxylic acids is 7. The van der Waals surface area contributed by atoms with E-state index in [-0.39, 0.29) is 0 Å². The molecule has 260 valence electrons. The molecule has 1 unspecified atom stereocenters. The molecule has 0 N–H and O–H groups in total. The molecule has 1 aromatic carbocycles. The summed E-state index contributed by atoms with van der Waals surface area (Å²) >= 11 is 1.83. The Hall–Kier alpha value is -3.83. The number of methoxy groups -OCH3 is 2. The van der Waals surface area contributed by atoms with E-state index in [1.165, 1.54) is 13.4 Å². The first-order valence-electron chi connectivity index (χ1n) is 14.1. The topological polar surface area (TPSA) is 187 Å². The molecule has 47 heavy (non-hydrogen) atoms. The van der Waals surface area contributed by atoms with Crippen LogP contribution < -0.4 is 4.74 Å². The van der Waals surface area contributed by atoms with Crippen molar-refractivity contribution in [2.45, 2.75) is 87.1 Å². The van der Waals surface area contributed by atoms with Gasteiger partial charge in [-0.2, -0.15) is 0 Å². The molecule has 7 atom stereocenters. The third kappa shape index (κ3) is 9.60. The Bertz CT molecular complexity index is 1340. The van der Waals surface area contributed by atoms with Gasteiger partial charge in [0, 0.05) is 46.4 Å². The van der Waals surface area contributed by atoms with Gasteiger partial charge in [-0.05, 0) is 18.4 Å². The van der Waals surface area contributed by atoms with Crippen LogP contribution in [-0.4, -0.2) is 114 Å². The molecule has 0 aliphatic carbocycles. The highest BCUT2D eigenvalue weighted by Gasteiger charge is 2.66. The van der Waals surface area contributed by atoms with Crippen molar-refractivity contribution in [2.75, 3.05) is 27.1 Å². The summed E-state index contributed by atoms with van der Waals surface area (Å²) in [5, 5.41) is -1.27. The van der Waals surface area contributed by atoms with Gasteiger partial charge in [0.25, 0.3) is 0 Å². The highest BCUT2D eigenvalue weighted by atomic mass is 32.2. The van der Waals surface area contributed by atoms with Crippen LogP contribution >= 0.6 is 23.5 Å². The number of thioether (sulfide) groups is 2. The van der Waals surface area contributed by atoms with Gasteiger partial charge >= 0.3 is 29.8 Å². The summed E-state index contributed by atoms with van der Waals surface area (Å²) in [6.07, 6.45) is -5.16. The van der Waals surface area contributed by atoms with Crippen molar-refractivity contribution >= 4 is 65.2 Å². The fourth-order valence-corrected chi connectivity index (χ4v) is 7.76. The van der Waals surface area contributed by atoms with Crippen molar-refractivity contribution in [1.29, 1.82) is 0 Å². The van der Waals surface area contributed by atoms with E-state index in [9.17, 15) is 33.6 Å². The predicted molar refractivity (Wildman–Crippen MR) is 166 cm³/mol. The third-order valence-corrected chi connectivity index (χ3v) is 9.51. The third-order valence-electron chi connectivity index (χ3n) is 6.79. The summed E-state index contributed by atoms with van der Waals surface area (Å²) in [5.41, 5.74) is 0. The quantitative estimate of drug-likeness (QED) is 0.214. The summed E-state index contributed by atoms with van der Waals surface area (Å²) in [6.45, 7) is 5.74. The molecule has 17 heteroatoms. The van der Waals surface area contributed by atoms with Gasteiger partial charge in [0.2, 0.25) is 16.7 Å². The van der Waals surface area contributed by atoms with Crippen molar-refractivity contribution in [3.8, 4) is 5.75 Å². The smallest absolute Gasteiger partial charge is 0.350 e. The monoisotopic (exact) mass is 701 g/mol. The molecule has 2 rings (SSSR count). The van der Waals surface area contributed by atoms with E-state index >= 15 is 0 Å². The maximum Gasteiger partial charge on any atom is 0.350 e. The lowest BCUT2D eigenvalue weighted by Gasteiger charge is -2.54. The number of imide groups is 1. The molecule has 0 bridgehead atoms. The van der Waals surface area contributed by atoms with Crippen LogP contribution in [0.2, 0.25) is 0 Å². The van der Waals surface area contributed by atoms with Gasteiger partial charge in [-0.3, -0.25) is 33.7 Å². The van der Waals surface area contributed by atoms with Crippen LogP contribution in [0.25, 0.3) is 0 Å². The fraction of sp³-hybridized carbons (Fsp3) is 0.567. The van der Waals surface area contributed by atoms with Gasteiger partial charge < -0.3 is 33.2 Å². The zero-order valence-electron chi connectivity index (χ0n) is 27.5. The standard InChI is InChI=1S/C30H39NO14S2/c1-15(32)31(16(2)33)24-26(25(43-19(5)36)22(42-18(4)35)14-41-17(3)34)45-30(46-9,29(38)40-8)28(27(24)44-20(6)37)47-23-13-11-10-12-21(23)39-7/h10-13,22,24-28H,14H2,1-9H3/t22-,24+,25-,26-,27-,28+,30?/m1/s1. The van der Waals surface area contributed by atoms with Gasteiger partial charge in [0.05, 0.1) is 19.5 Å². The first-order chi connectivity index (χ1) is 22.0. The molecule has 15 nitrogen and oxygen atoms in total. The molecule has 1 aromatic rings. The summed E-state index contributed by atoms with van der Waals surface area (Å²) in [4.78, 5) is 88.6. The summed E-state index contributed by atoms with van der Waals surface area (Å²) in [5.74, 6) is -5.70. The van der Waals surface area contributed by atoms with E-state index in [4.69, 9.17) is 33.2 Å². The van der Waals surface area contributed by atoms with E-state index in [1.54, 1.807) is 24.3 Å². The maximum absolute atomic E-state index is 13.8. The number of para-hydroxylation sites is 1. The zero-order valence-corrected chi connectivity index (χ0v) is 29.1. The lowest BCUT2D eigenvalue weighted by Crippen LogP contribution is -2.73. The zero-order chi connectivity index (χ0) is 35.6. The van der Waals surface area contributed by atoms with Crippen LogP contribution in [0.15, 0.2) is 29.2 Å². The average Bonchev–Trinajstić information content (AvgIpc) is 2.98. The molecule has 1 fully saturated rings. The van der Waals surface area contributed by atoms with Crippen LogP contribution in [0.3, 0.4) is 0 Å². The number of hydrogen-bond acceptors (Lipinski definition) is 16. The molecule has 0 aromatic heterocycles. The minimum absolute atomic E-state index is 0.377. The number of esters is 5. The average molecular weight is 702 g/mol. The molecule has 1 aliphatic heterocycles. The molecule has 1 saturated heterocycles. The number of hydrogen-bond donors (Lipinski definition) is 0. The number of nitrogens with zero attached hydrogens (tertiary/aromatic N) is 1. The van der Waals surface area contributed by atoms with E-state index in [0.29, 0.717) is 10.6 Å². The van der Waals surface area contributed by atoms with E-state index in [2.05, 4.69) is 0 Å². The lowest BCUT2D eigenvalue weighted by molar-refractivity contribution is -0.231. The van der Waals surface area contributed by atoms with E-state index < -0.39 is 88.9 Å². The van der Waals surface area contributed by atoms with Gasteiger partial charge in [0.15, 0.2) is 12.2 Å². The lowest BCUT2D eigenvalue weighted by atomic mass is 9.87. The Balaban J connectivity index is 3.07. The highest BCUT2D eigenvalue weighted by molar-refractivity contribution is 8.04. The largest absolute Gasteiger partial charge is 0.496 e. The van der Waals surface area contributed by atoms with Gasteiger partial charge in [-0.15, -0.1) is 23.5 Å². The van der Waals surface area contributed by atoms with Crippen molar-refractivity contribution in [1.82, 2.24) is 4.90 Å². The van der Waals surface area contributed by atoms with Crippen LogP contribution in [0.4, 0.5) is 0 Å². The second kappa shape index (κ2) is 17.4. The number of rotatable bonds is 13. The van der Waals surface area contributed by atoms with Crippen LogP contribution in [0.5, 0.6) is 5.75 Å².